The van der Waals surface area contributed by atoms with E-state index in [2.05, 4.69) is 44.4 Å². The second kappa shape index (κ2) is 12.9. The highest BCUT2D eigenvalue weighted by Crippen LogP contribution is 2.56. The number of fused-ring (bicyclic) bond motifs is 5. The Morgan fingerprint density at radius 3 is 1.24 bits per heavy atom. The van der Waals surface area contributed by atoms with Crippen molar-refractivity contribution in [1.82, 2.24) is 0 Å². The lowest BCUT2D eigenvalue weighted by atomic mass is 9.67. The van der Waals surface area contributed by atoms with Crippen LogP contribution < -0.4 is 10.6 Å². The summed E-state index contributed by atoms with van der Waals surface area (Å²) in [5.74, 6) is -3.40. The summed E-state index contributed by atoms with van der Waals surface area (Å²) in [5.41, 5.74) is 8.60. The third-order valence-corrected chi connectivity index (χ3v) is 10.3. The summed E-state index contributed by atoms with van der Waals surface area (Å²) >= 11 is 0. The van der Waals surface area contributed by atoms with Gasteiger partial charge in [0.15, 0.2) is 0 Å². The number of cyclic esters (lactones) is 4. The zero-order valence-corrected chi connectivity index (χ0v) is 28.9. The Morgan fingerprint density at radius 1 is 0.436 bits per heavy atom. The molecule has 0 radical (unpaired) electrons. The van der Waals surface area contributed by atoms with Gasteiger partial charge in [0.2, 0.25) is 11.8 Å². The molecule has 10 nitrogen and oxygen atoms in total. The van der Waals surface area contributed by atoms with Gasteiger partial charge in [-0.25, -0.2) is 19.2 Å². The van der Waals surface area contributed by atoms with Crippen LogP contribution in [0.2, 0.25) is 0 Å². The molecule has 0 atom stereocenters. The Kier molecular flexibility index (Phi) is 7.82. The molecule has 266 valence electrons. The van der Waals surface area contributed by atoms with E-state index in [0.717, 1.165) is 33.4 Å². The van der Waals surface area contributed by atoms with E-state index >= 15 is 0 Å². The molecule has 55 heavy (non-hydrogen) atoms. The summed E-state index contributed by atoms with van der Waals surface area (Å²) in [6.45, 7) is 0. The van der Waals surface area contributed by atoms with Gasteiger partial charge in [0.05, 0.1) is 40.5 Å². The third-order valence-electron chi connectivity index (χ3n) is 10.3. The SMILES string of the molecule is O=C(Cc1ccc2c(c1)C(=O)OC2=O)Nc1ccc(C2(c3ccc(NC(=O)Cc4ccc5c(c4)C(=O)OC5=O)cc3)c3ccccc3-c3ccccc32)cc1. The van der Waals surface area contributed by atoms with E-state index in [1.54, 1.807) is 12.1 Å². The van der Waals surface area contributed by atoms with Crippen LogP contribution in [-0.4, -0.2) is 35.7 Å². The Labute approximate surface area is 313 Å². The lowest BCUT2D eigenvalue weighted by Crippen LogP contribution is -2.28. The van der Waals surface area contributed by atoms with Crippen LogP contribution in [0.1, 0.15) is 74.8 Å². The topological polar surface area (TPSA) is 145 Å². The van der Waals surface area contributed by atoms with Gasteiger partial charge in [0.1, 0.15) is 0 Å². The van der Waals surface area contributed by atoms with Crippen LogP contribution in [0.4, 0.5) is 11.4 Å². The first-order valence-electron chi connectivity index (χ1n) is 17.5. The van der Waals surface area contributed by atoms with Crippen molar-refractivity contribution in [2.75, 3.05) is 10.6 Å². The average molecular weight is 725 g/mol. The number of ether oxygens (including phenoxy) is 2. The molecule has 2 amide bonds. The number of carbonyl (C=O) groups is 6. The predicted octanol–water partition coefficient (Wildman–Crippen LogP) is 7.03. The standard InChI is InChI=1S/C45H28N2O8/c48-39(23-25-9-19-33-35(21-25)43(52)54-41(33)50)46-29-15-11-27(12-16-29)45(37-7-3-1-5-31(37)32-6-2-4-8-38(32)45)28-13-17-30(18-14-28)47-40(49)24-26-10-20-34-36(22-26)44(53)55-42(34)51/h1-22H,23-24H2,(H,46,48)(H,47,49). The second-order valence-electron chi connectivity index (χ2n) is 13.6. The minimum atomic E-state index is -0.731. The van der Waals surface area contributed by atoms with Crippen molar-refractivity contribution in [1.29, 1.82) is 0 Å². The van der Waals surface area contributed by atoms with Gasteiger partial charge >= 0.3 is 23.9 Å². The van der Waals surface area contributed by atoms with Crippen molar-refractivity contribution in [3.05, 3.63) is 189 Å². The van der Waals surface area contributed by atoms with E-state index in [-0.39, 0.29) is 46.9 Å². The van der Waals surface area contributed by atoms with Crippen molar-refractivity contribution in [2.45, 2.75) is 18.3 Å². The lowest BCUT2D eigenvalue weighted by Gasteiger charge is -2.34. The number of amides is 2. The Hall–Kier alpha value is -7.46. The highest BCUT2D eigenvalue weighted by atomic mass is 16.6. The van der Waals surface area contributed by atoms with Gasteiger partial charge in [-0.2, -0.15) is 0 Å². The number of hydrogen-bond acceptors (Lipinski definition) is 8. The van der Waals surface area contributed by atoms with Gasteiger partial charge in [-0.05, 0) is 93.0 Å². The molecular weight excluding hydrogens is 697 g/mol. The van der Waals surface area contributed by atoms with Crippen LogP contribution in [0.15, 0.2) is 133 Å². The molecule has 0 saturated heterocycles. The first-order valence-corrected chi connectivity index (χ1v) is 17.5. The maximum Gasteiger partial charge on any atom is 0.346 e. The fraction of sp³-hybridized carbons (Fsp3) is 0.0667. The highest BCUT2D eigenvalue weighted by molar-refractivity contribution is 6.15. The monoisotopic (exact) mass is 724 g/mol. The van der Waals surface area contributed by atoms with E-state index in [1.807, 2.05) is 72.8 Å². The van der Waals surface area contributed by atoms with Gasteiger partial charge in [0, 0.05) is 11.4 Å². The molecule has 0 bridgehead atoms. The van der Waals surface area contributed by atoms with Gasteiger partial charge in [-0.1, -0.05) is 84.9 Å². The highest BCUT2D eigenvalue weighted by Gasteiger charge is 2.46. The van der Waals surface area contributed by atoms with Crippen LogP contribution in [0.5, 0.6) is 0 Å². The summed E-state index contributed by atoms with van der Waals surface area (Å²) in [7, 11) is 0. The molecule has 1 aliphatic carbocycles. The number of rotatable bonds is 8. The number of benzene rings is 6. The van der Waals surface area contributed by atoms with E-state index in [9.17, 15) is 28.8 Å². The molecule has 0 saturated carbocycles. The average Bonchev–Trinajstić information content (AvgIpc) is 3.76. The van der Waals surface area contributed by atoms with Crippen molar-refractivity contribution >= 4 is 47.1 Å². The summed E-state index contributed by atoms with van der Waals surface area (Å²) in [5, 5.41) is 5.89. The summed E-state index contributed by atoms with van der Waals surface area (Å²) < 4.78 is 9.33. The van der Waals surface area contributed by atoms with E-state index in [0.29, 0.717) is 22.5 Å². The molecule has 2 N–H and O–H groups in total. The molecule has 0 aromatic heterocycles. The normalized spacial score (nSPS) is 14.3. The van der Waals surface area contributed by atoms with E-state index in [1.165, 1.54) is 24.3 Å². The van der Waals surface area contributed by atoms with Crippen molar-refractivity contribution < 1.29 is 38.2 Å². The number of nitrogens with one attached hydrogen (secondary N) is 2. The number of carbonyl (C=O) groups excluding carboxylic acids is 6. The summed E-state index contributed by atoms with van der Waals surface area (Å²) in [6, 6.07) is 41.3. The number of hydrogen-bond donors (Lipinski definition) is 2. The fourth-order valence-electron chi connectivity index (χ4n) is 7.90. The zero-order chi connectivity index (χ0) is 37.8. The maximum absolute atomic E-state index is 13.1. The molecule has 0 fully saturated rings. The molecule has 2 aliphatic heterocycles. The predicted molar refractivity (Wildman–Crippen MR) is 201 cm³/mol. The second-order valence-corrected chi connectivity index (χ2v) is 13.6. The molecule has 3 aliphatic rings. The Morgan fingerprint density at radius 2 is 0.818 bits per heavy atom. The van der Waals surface area contributed by atoms with Crippen LogP contribution >= 0.6 is 0 Å². The smallest absolute Gasteiger partial charge is 0.346 e. The van der Waals surface area contributed by atoms with Gasteiger partial charge in [-0.15, -0.1) is 0 Å². The van der Waals surface area contributed by atoms with Crippen molar-refractivity contribution in [2.24, 2.45) is 0 Å². The molecule has 6 aromatic carbocycles. The Bertz CT molecular complexity index is 2480. The molecule has 6 aromatic rings. The van der Waals surface area contributed by atoms with Crippen molar-refractivity contribution in [3.63, 3.8) is 0 Å². The molecule has 10 heteroatoms. The van der Waals surface area contributed by atoms with Gasteiger partial charge < -0.3 is 20.1 Å². The summed E-state index contributed by atoms with van der Waals surface area (Å²) in [6.07, 6.45) is -0.0138. The van der Waals surface area contributed by atoms with Crippen LogP contribution in [0, 0.1) is 0 Å². The Balaban J connectivity index is 0.995. The van der Waals surface area contributed by atoms with E-state index in [4.69, 9.17) is 0 Å². The van der Waals surface area contributed by atoms with E-state index < -0.39 is 29.3 Å². The third kappa shape index (κ3) is 5.59. The number of esters is 4. The molecule has 0 unspecified atom stereocenters. The summed E-state index contributed by atoms with van der Waals surface area (Å²) in [4.78, 5) is 73.9. The minimum Gasteiger partial charge on any atom is -0.386 e. The maximum atomic E-state index is 13.1. The minimum absolute atomic E-state index is 0.00691. The molecular formula is C45H28N2O8. The van der Waals surface area contributed by atoms with Crippen LogP contribution in [0.25, 0.3) is 11.1 Å². The fourth-order valence-corrected chi connectivity index (χ4v) is 7.90. The van der Waals surface area contributed by atoms with Crippen LogP contribution in [-0.2, 0) is 37.3 Å². The first-order chi connectivity index (χ1) is 26.7. The van der Waals surface area contributed by atoms with Gasteiger partial charge in [-0.3, -0.25) is 9.59 Å². The lowest BCUT2D eigenvalue weighted by molar-refractivity contribution is -0.116. The zero-order valence-electron chi connectivity index (χ0n) is 28.9. The quantitative estimate of drug-likeness (QED) is 0.126. The van der Waals surface area contributed by atoms with Crippen molar-refractivity contribution in [3.8, 4) is 11.1 Å². The van der Waals surface area contributed by atoms with Gasteiger partial charge in [0.25, 0.3) is 0 Å². The van der Waals surface area contributed by atoms with Crippen LogP contribution in [0.3, 0.4) is 0 Å². The number of anilines is 2. The largest absolute Gasteiger partial charge is 0.386 e. The molecule has 9 rings (SSSR count). The molecule has 2 heterocycles. The molecule has 0 spiro atoms. The first kappa shape index (κ1) is 33.4.